The van der Waals surface area contributed by atoms with Gasteiger partial charge in [0, 0.05) is 22.7 Å². The second-order valence-corrected chi connectivity index (χ2v) is 6.29. The first-order chi connectivity index (χ1) is 9.63. The van der Waals surface area contributed by atoms with Crippen LogP contribution in [-0.2, 0) is 4.74 Å². The number of nitrogen functional groups attached to an aromatic ring is 1. The summed E-state index contributed by atoms with van der Waals surface area (Å²) < 4.78 is 4.82. The van der Waals surface area contributed by atoms with Crippen molar-refractivity contribution in [3.63, 3.8) is 0 Å². The number of ether oxygens (including phenoxy) is 1. The van der Waals surface area contributed by atoms with Gasteiger partial charge in [-0.1, -0.05) is 0 Å². The van der Waals surface area contributed by atoms with E-state index in [-0.39, 0.29) is 5.97 Å². The van der Waals surface area contributed by atoms with E-state index in [1.54, 1.807) is 6.07 Å². The lowest BCUT2D eigenvalue weighted by Crippen LogP contribution is -2.27. The van der Waals surface area contributed by atoms with Crippen LogP contribution in [-0.4, -0.2) is 30.6 Å². The Morgan fingerprint density at radius 3 is 2.65 bits per heavy atom. The Kier molecular flexibility index (Phi) is 5.17. The summed E-state index contributed by atoms with van der Waals surface area (Å²) in [7, 11) is 1.39. The SMILES string of the molecule is COC(=O)c1cc(N)ccc1NC1CCC(SC)CC1. The number of esters is 1. The molecule has 0 unspecified atom stereocenters. The maximum atomic E-state index is 11.8. The fourth-order valence-electron chi connectivity index (χ4n) is 2.63. The van der Waals surface area contributed by atoms with E-state index in [1.165, 1.54) is 20.0 Å². The maximum Gasteiger partial charge on any atom is 0.340 e. The molecule has 1 aliphatic rings. The zero-order valence-electron chi connectivity index (χ0n) is 12.0. The first kappa shape index (κ1) is 15.0. The van der Waals surface area contributed by atoms with Gasteiger partial charge in [0.25, 0.3) is 0 Å². The summed E-state index contributed by atoms with van der Waals surface area (Å²) >= 11 is 1.95. The number of anilines is 2. The van der Waals surface area contributed by atoms with Crippen LogP contribution in [0.3, 0.4) is 0 Å². The Bertz CT molecular complexity index is 471. The average Bonchev–Trinajstić information content (AvgIpc) is 2.49. The van der Waals surface area contributed by atoms with Crippen molar-refractivity contribution in [1.82, 2.24) is 0 Å². The smallest absolute Gasteiger partial charge is 0.340 e. The van der Waals surface area contributed by atoms with Crippen LogP contribution in [0.4, 0.5) is 11.4 Å². The van der Waals surface area contributed by atoms with Crippen molar-refractivity contribution < 1.29 is 9.53 Å². The van der Waals surface area contributed by atoms with Crippen LogP contribution in [0.2, 0.25) is 0 Å². The molecular weight excluding hydrogens is 272 g/mol. The first-order valence-electron chi connectivity index (χ1n) is 6.91. The van der Waals surface area contributed by atoms with Crippen LogP contribution in [0.1, 0.15) is 36.0 Å². The van der Waals surface area contributed by atoms with Crippen molar-refractivity contribution >= 4 is 29.1 Å². The molecule has 4 nitrogen and oxygen atoms in total. The minimum Gasteiger partial charge on any atom is -0.465 e. The molecule has 0 bridgehead atoms. The second kappa shape index (κ2) is 6.88. The lowest BCUT2D eigenvalue weighted by Gasteiger charge is -2.29. The number of rotatable bonds is 4. The highest BCUT2D eigenvalue weighted by molar-refractivity contribution is 7.99. The highest BCUT2D eigenvalue weighted by atomic mass is 32.2. The highest BCUT2D eigenvalue weighted by Crippen LogP contribution is 2.30. The van der Waals surface area contributed by atoms with Gasteiger partial charge in [-0.15, -0.1) is 0 Å². The van der Waals surface area contributed by atoms with Gasteiger partial charge in [-0.2, -0.15) is 11.8 Å². The quantitative estimate of drug-likeness (QED) is 0.660. The molecule has 0 spiro atoms. The van der Waals surface area contributed by atoms with E-state index in [9.17, 15) is 4.79 Å². The van der Waals surface area contributed by atoms with Gasteiger partial charge in [0.05, 0.1) is 12.7 Å². The number of carbonyl (C=O) groups excluding carboxylic acids is 1. The number of benzene rings is 1. The van der Waals surface area contributed by atoms with Gasteiger partial charge >= 0.3 is 5.97 Å². The number of nitrogens with two attached hydrogens (primary N) is 1. The van der Waals surface area contributed by atoms with Crippen LogP contribution < -0.4 is 11.1 Å². The Labute approximate surface area is 124 Å². The fraction of sp³-hybridized carbons (Fsp3) is 0.533. The van der Waals surface area contributed by atoms with Crippen LogP contribution >= 0.6 is 11.8 Å². The summed E-state index contributed by atoms with van der Waals surface area (Å²) in [6.07, 6.45) is 6.89. The Morgan fingerprint density at radius 1 is 1.35 bits per heavy atom. The molecule has 1 aliphatic carbocycles. The van der Waals surface area contributed by atoms with Crippen LogP contribution in [0, 0.1) is 0 Å². The molecule has 1 saturated carbocycles. The fourth-order valence-corrected chi connectivity index (χ4v) is 3.37. The van der Waals surface area contributed by atoms with E-state index < -0.39 is 0 Å². The molecule has 3 N–H and O–H groups in total. The van der Waals surface area contributed by atoms with Gasteiger partial charge in [0.1, 0.15) is 0 Å². The molecule has 20 heavy (non-hydrogen) atoms. The number of hydrogen-bond donors (Lipinski definition) is 2. The predicted octanol–water partition coefficient (Wildman–Crippen LogP) is 3.14. The summed E-state index contributed by atoms with van der Waals surface area (Å²) in [6, 6.07) is 5.76. The Hall–Kier alpha value is -1.36. The Morgan fingerprint density at radius 2 is 2.05 bits per heavy atom. The third-order valence-electron chi connectivity index (χ3n) is 3.82. The summed E-state index contributed by atoms with van der Waals surface area (Å²) in [6.45, 7) is 0. The molecule has 2 rings (SSSR count). The van der Waals surface area contributed by atoms with Gasteiger partial charge in [0.2, 0.25) is 0 Å². The molecule has 0 saturated heterocycles. The molecule has 5 heteroatoms. The van der Waals surface area contributed by atoms with E-state index in [4.69, 9.17) is 10.5 Å². The van der Waals surface area contributed by atoms with E-state index in [1.807, 2.05) is 23.9 Å². The van der Waals surface area contributed by atoms with Crippen molar-refractivity contribution in [3.05, 3.63) is 23.8 Å². The summed E-state index contributed by atoms with van der Waals surface area (Å²) in [5.41, 5.74) is 7.65. The number of hydrogen-bond acceptors (Lipinski definition) is 5. The van der Waals surface area contributed by atoms with Crippen molar-refractivity contribution in [1.29, 1.82) is 0 Å². The van der Waals surface area contributed by atoms with Crippen LogP contribution in [0.15, 0.2) is 18.2 Å². The first-order valence-corrected chi connectivity index (χ1v) is 8.20. The van der Waals surface area contributed by atoms with Gasteiger partial charge < -0.3 is 15.8 Å². The van der Waals surface area contributed by atoms with Crippen LogP contribution in [0.5, 0.6) is 0 Å². The minimum atomic E-state index is -0.349. The molecule has 0 atom stereocenters. The molecule has 1 aromatic rings. The van der Waals surface area contributed by atoms with E-state index in [2.05, 4.69) is 11.6 Å². The zero-order chi connectivity index (χ0) is 14.5. The van der Waals surface area contributed by atoms with Gasteiger partial charge in [0.15, 0.2) is 0 Å². The minimum absolute atomic E-state index is 0.349. The third-order valence-corrected chi connectivity index (χ3v) is 4.95. The van der Waals surface area contributed by atoms with Crippen molar-refractivity contribution in [2.24, 2.45) is 0 Å². The molecule has 1 aromatic carbocycles. The van der Waals surface area contributed by atoms with Crippen LogP contribution in [0.25, 0.3) is 0 Å². The lowest BCUT2D eigenvalue weighted by atomic mass is 9.94. The largest absolute Gasteiger partial charge is 0.465 e. The molecule has 110 valence electrons. The van der Waals surface area contributed by atoms with Gasteiger partial charge in [-0.3, -0.25) is 0 Å². The topological polar surface area (TPSA) is 64.3 Å². The predicted molar refractivity (Wildman–Crippen MR) is 85.4 cm³/mol. The van der Waals surface area contributed by atoms with Crippen molar-refractivity contribution in [2.75, 3.05) is 24.4 Å². The summed E-state index contributed by atoms with van der Waals surface area (Å²) in [4.78, 5) is 11.8. The molecule has 0 heterocycles. The lowest BCUT2D eigenvalue weighted by molar-refractivity contribution is 0.0602. The molecule has 0 radical (unpaired) electrons. The normalized spacial score (nSPS) is 22.3. The third kappa shape index (κ3) is 3.60. The molecule has 0 aliphatic heterocycles. The molecule has 1 fully saturated rings. The number of methoxy groups -OCH3 is 1. The number of carbonyl (C=O) groups is 1. The highest BCUT2D eigenvalue weighted by Gasteiger charge is 2.22. The number of nitrogens with one attached hydrogen (secondary N) is 1. The summed E-state index contributed by atoms with van der Waals surface area (Å²) in [5, 5.41) is 4.25. The van der Waals surface area contributed by atoms with E-state index in [0.29, 0.717) is 17.3 Å². The monoisotopic (exact) mass is 294 g/mol. The van der Waals surface area contributed by atoms with Gasteiger partial charge in [-0.25, -0.2) is 4.79 Å². The average molecular weight is 294 g/mol. The Balaban J connectivity index is 2.07. The second-order valence-electron chi connectivity index (χ2n) is 5.15. The maximum absolute atomic E-state index is 11.8. The molecular formula is C15H22N2O2S. The van der Waals surface area contributed by atoms with E-state index in [0.717, 1.165) is 23.8 Å². The van der Waals surface area contributed by atoms with Crippen molar-refractivity contribution in [2.45, 2.75) is 37.0 Å². The zero-order valence-corrected chi connectivity index (χ0v) is 12.8. The standard InChI is InChI=1S/C15H22N2O2S/c1-19-15(18)13-9-10(16)3-8-14(13)17-11-4-6-12(20-2)7-5-11/h3,8-9,11-12,17H,4-7,16H2,1-2H3. The number of thioether (sulfide) groups is 1. The molecule has 0 amide bonds. The summed E-state index contributed by atoms with van der Waals surface area (Å²) in [5.74, 6) is -0.349. The van der Waals surface area contributed by atoms with E-state index >= 15 is 0 Å². The molecule has 0 aromatic heterocycles. The van der Waals surface area contributed by atoms with Crippen molar-refractivity contribution in [3.8, 4) is 0 Å². The van der Waals surface area contributed by atoms with Gasteiger partial charge in [-0.05, 0) is 50.1 Å².